The molecule has 18 heavy (non-hydrogen) atoms. The lowest BCUT2D eigenvalue weighted by molar-refractivity contribution is 0.442. The SMILES string of the molecule is Fc1ccc(Br)c(F)c1CNC1CCCCCC1. The second-order valence-corrected chi connectivity index (χ2v) is 5.75. The van der Waals surface area contributed by atoms with E-state index in [9.17, 15) is 8.78 Å². The fourth-order valence-corrected chi connectivity index (χ4v) is 2.83. The Hall–Kier alpha value is -0.480. The maximum atomic E-state index is 13.8. The third-order valence-electron chi connectivity index (χ3n) is 3.56. The van der Waals surface area contributed by atoms with E-state index in [4.69, 9.17) is 0 Å². The molecule has 1 saturated carbocycles. The van der Waals surface area contributed by atoms with Gasteiger partial charge in [-0.3, -0.25) is 0 Å². The average Bonchev–Trinajstić information content (AvgIpc) is 2.63. The highest BCUT2D eigenvalue weighted by molar-refractivity contribution is 9.10. The second-order valence-electron chi connectivity index (χ2n) is 4.89. The van der Waals surface area contributed by atoms with Crippen molar-refractivity contribution < 1.29 is 8.78 Å². The molecule has 1 aromatic rings. The third-order valence-corrected chi connectivity index (χ3v) is 4.17. The minimum absolute atomic E-state index is 0.133. The molecule has 0 aliphatic heterocycles. The molecule has 0 amide bonds. The molecule has 0 spiro atoms. The summed E-state index contributed by atoms with van der Waals surface area (Å²) in [5.74, 6) is -0.965. The molecule has 1 aromatic carbocycles. The van der Waals surface area contributed by atoms with Crippen molar-refractivity contribution in [1.29, 1.82) is 0 Å². The maximum absolute atomic E-state index is 13.8. The molecule has 2 rings (SSSR count). The maximum Gasteiger partial charge on any atom is 0.144 e. The molecule has 0 saturated heterocycles. The van der Waals surface area contributed by atoms with Gasteiger partial charge in [-0.1, -0.05) is 25.7 Å². The van der Waals surface area contributed by atoms with E-state index in [1.165, 1.54) is 37.8 Å². The number of benzene rings is 1. The molecule has 0 aromatic heterocycles. The predicted molar refractivity (Wildman–Crippen MR) is 72.4 cm³/mol. The zero-order chi connectivity index (χ0) is 13.0. The van der Waals surface area contributed by atoms with Crippen molar-refractivity contribution >= 4 is 15.9 Å². The number of hydrogen-bond donors (Lipinski definition) is 1. The Morgan fingerprint density at radius 1 is 1.11 bits per heavy atom. The zero-order valence-corrected chi connectivity index (χ0v) is 11.9. The summed E-state index contributed by atoms with van der Waals surface area (Å²) in [6.45, 7) is 0.266. The Morgan fingerprint density at radius 3 is 2.44 bits per heavy atom. The van der Waals surface area contributed by atoms with E-state index >= 15 is 0 Å². The highest BCUT2D eigenvalue weighted by atomic mass is 79.9. The molecule has 1 nitrogen and oxygen atoms in total. The molecule has 0 radical (unpaired) electrons. The summed E-state index contributed by atoms with van der Waals surface area (Å²) in [6, 6.07) is 3.10. The van der Waals surface area contributed by atoms with Crippen LogP contribution in [-0.2, 0) is 6.54 Å². The summed E-state index contributed by atoms with van der Waals surface area (Å²) in [7, 11) is 0. The standard InChI is InChI=1S/C14H18BrF2N/c15-12-7-8-13(16)11(14(12)17)9-18-10-5-3-1-2-4-6-10/h7-8,10,18H,1-6,9H2. The monoisotopic (exact) mass is 317 g/mol. The number of halogens is 3. The first-order valence-electron chi connectivity index (χ1n) is 6.54. The van der Waals surface area contributed by atoms with E-state index in [0.29, 0.717) is 10.5 Å². The lowest BCUT2D eigenvalue weighted by atomic mass is 10.1. The van der Waals surface area contributed by atoms with E-state index < -0.39 is 11.6 Å². The Kier molecular flexibility index (Phi) is 5.13. The van der Waals surface area contributed by atoms with Crippen molar-refractivity contribution in [3.63, 3.8) is 0 Å². The minimum Gasteiger partial charge on any atom is -0.310 e. The molecule has 1 aliphatic rings. The van der Waals surface area contributed by atoms with Gasteiger partial charge < -0.3 is 5.32 Å². The fraction of sp³-hybridized carbons (Fsp3) is 0.571. The molecule has 0 atom stereocenters. The van der Waals surface area contributed by atoms with Gasteiger partial charge in [0.25, 0.3) is 0 Å². The van der Waals surface area contributed by atoms with Crippen LogP contribution in [0.1, 0.15) is 44.1 Å². The van der Waals surface area contributed by atoms with Crippen molar-refractivity contribution in [2.75, 3.05) is 0 Å². The van der Waals surface area contributed by atoms with Crippen LogP contribution < -0.4 is 5.32 Å². The highest BCUT2D eigenvalue weighted by Crippen LogP contribution is 2.22. The van der Waals surface area contributed by atoms with Gasteiger partial charge in [0.05, 0.1) is 4.47 Å². The third kappa shape index (κ3) is 3.51. The lowest BCUT2D eigenvalue weighted by Gasteiger charge is -2.17. The van der Waals surface area contributed by atoms with Crippen molar-refractivity contribution in [2.24, 2.45) is 0 Å². The first-order valence-corrected chi connectivity index (χ1v) is 7.33. The largest absolute Gasteiger partial charge is 0.310 e. The minimum atomic E-state index is -0.490. The van der Waals surface area contributed by atoms with Crippen molar-refractivity contribution in [3.8, 4) is 0 Å². The lowest BCUT2D eigenvalue weighted by Crippen LogP contribution is -2.28. The summed E-state index contributed by atoms with van der Waals surface area (Å²) in [5.41, 5.74) is 0.133. The van der Waals surface area contributed by atoms with Crippen molar-refractivity contribution in [3.05, 3.63) is 33.8 Å². The Bertz CT molecular complexity index is 401. The smallest absolute Gasteiger partial charge is 0.144 e. The van der Waals surface area contributed by atoms with E-state index in [0.717, 1.165) is 12.8 Å². The quantitative estimate of drug-likeness (QED) is 0.637. The molecule has 1 N–H and O–H groups in total. The molecular formula is C14H18BrF2N. The number of nitrogens with one attached hydrogen (secondary N) is 1. The second kappa shape index (κ2) is 6.62. The molecule has 4 heteroatoms. The van der Waals surface area contributed by atoms with Crippen LogP contribution in [0, 0.1) is 11.6 Å². The van der Waals surface area contributed by atoms with Gasteiger partial charge >= 0.3 is 0 Å². The number of rotatable bonds is 3. The van der Waals surface area contributed by atoms with Crippen LogP contribution in [0.3, 0.4) is 0 Å². The van der Waals surface area contributed by atoms with Crippen LogP contribution in [0.4, 0.5) is 8.78 Å². The normalized spacial score (nSPS) is 17.7. The van der Waals surface area contributed by atoms with Crippen LogP contribution in [0.5, 0.6) is 0 Å². The van der Waals surface area contributed by atoms with Gasteiger partial charge in [0.15, 0.2) is 0 Å². The van der Waals surface area contributed by atoms with Crippen LogP contribution in [-0.4, -0.2) is 6.04 Å². The topological polar surface area (TPSA) is 12.0 Å². The van der Waals surface area contributed by atoms with Crippen molar-refractivity contribution in [1.82, 2.24) is 5.32 Å². The van der Waals surface area contributed by atoms with E-state index in [1.54, 1.807) is 0 Å². The molecule has 0 bridgehead atoms. The summed E-state index contributed by atoms with van der Waals surface area (Å²) in [5, 5.41) is 3.29. The van der Waals surface area contributed by atoms with E-state index in [2.05, 4.69) is 21.2 Å². The van der Waals surface area contributed by atoms with Crippen LogP contribution >= 0.6 is 15.9 Å². The van der Waals surface area contributed by atoms with Gasteiger partial charge in [-0.05, 0) is 40.9 Å². The van der Waals surface area contributed by atoms with Crippen LogP contribution in [0.2, 0.25) is 0 Å². The first kappa shape index (κ1) is 13.9. The van der Waals surface area contributed by atoms with Gasteiger partial charge in [-0.2, -0.15) is 0 Å². The van der Waals surface area contributed by atoms with Crippen LogP contribution in [0.15, 0.2) is 16.6 Å². The summed E-state index contributed by atoms with van der Waals surface area (Å²) < 4.78 is 27.7. The van der Waals surface area contributed by atoms with E-state index in [-0.39, 0.29) is 12.1 Å². The predicted octanol–water partition coefficient (Wildman–Crippen LogP) is 4.54. The van der Waals surface area contributed by atoms with Gasteiger partial charge in [0, 0.05) is 18.2 Å². The molecule has 0 unspecified atom stereocenters. The van der Waals surface area contributed by atoms with Crippen molar-refractivity contribution in [2.45, 2.75) is 51.1 Å². The Balaban J connectivity index is 1.99. The molecule has 1 fully saturated rings. The molecule has 0 heterocycles. The molecule has 1 aliphatic carbocycles. The van der Waals surface area contributed by atoms with Gasteiger partial charge in [0.2, 0.25) is 0 Å². The first-order chi connectivity index (χ1) is 8.68. The highest BCUT2D eigenvalue weighted by Gasteiger charge is 2.15. The fourth-order valence-electron chi connectivity index (χ4n) is 2.46. The van der Waals surface area contributed by atoms with Gasteiger partial charge in [-0.25, -0.2) is 8.78 Å². The summed E-state index contributed by atoms with van der Waals surface area (Å²) in [4.78, 5) is 0. The molecular weight excluding hydrogens is 300 g/mol. The molecule has 100 valence electrons. The van der Waals surface area contributed by atoms with Gasteiger partial charge in [-0.15, -0.1) is 0 Å². The average molecular weight is 318 g/mol. The summed E-state index contributed by atoms with van der Waals surface area (Å²) >= 11 is 3.09. The Morgan fingerprint density at radius 2 is 1.78 bits per heavy atom. The van der Waals surface area contributed by atoms with Gasteiger partial charge in [0.1, 0.15) is 11.6 Å². The van der Waals surface area contributed by atoms with E-state index in [1.807, 2.05) is 0 Å². The summed E-state index contributed by atoms with van der Waals surface area (Å²) in [6.07, 6.45) is 7.19. The van der Waals surface area contributed by atoms with Crippen LogP contribution in [0.25, 0.3) is 0 Å². The number of hydrogen-bond acceptors (Lipinski definition) is 1. The zero-order valence-electron chi connectivity index (χ0n) is 10.3. The Labute approximate surface area is 115 Å².